The molecule has 0 radical (unpaired) electrons. The van der Waals surface area contributed by atoms with Crippen molar-refractivity contribution in [3.63, 3.8) is 0 Å². The lowest BCUT2D eigenvalue weighted by Gasteiger charge is -2.12. The van der Waals surface area contributed by atoms with E-state index in [1.165, 1.54) is 28.8 Å². The predicted octanol–water partition coefficient (Wildman–Crippen LogP) is 4.39. The van der Waals surface area contributed by atoms with Crippen LogP contribution in [0, 0.1) is 6.92 Å². The van der Waals surface area contributed by atoms with Crippen LogP contribution in [-0.2, 0) is 12.7 Å². The zero-order valence-electron chi connectivity index (χ0n) is 11.0. The van der Waals surface area contributed by atoms with E-state index >= 15 is 0 Å². The minimum absolute atomic E-state index is 0.178. The van der Waals surface area contributed by atoms with Crippen molar-refractivity contribution >= 4 is 23.0 Å². The van der Waals surface area contributed by atoms with Gasteiger partial charge in [-0.05, 0) is 30.7 Å². The summed E-state index contributed by atoms with van der Waals surface area (Å²) in [7, 11) is 0. The van der Waals surface area contributed by atoms with Crippen LogP contribution in [0.1, 0.15) is 26.4 Å². The van der Waals surface area contributed by atoms with Gasteiger partial charge in [-0.2, -0.15) is 13.2 Å². The molecule has 21 heavy (non-hydrogen) atoms. The van der Waals surface area contributed by atoms with E-state index in [0.717, 1.165) is 17.0 Å². The molecule has 0 spiro atoms. The number of nitrogens with one attached hydrogen (secondary N) is 1. The molecular weight excluding hydrogens is 303 g/mol. The Morgan fingerprint density at radius 3 is 2.62 bits per heavy atom. The van der Waals surface area contributed by atoms with Crippen LogP contribution in [0.4, 0.5) is 18.9 Å². The highest BCUT2D eigenvalue weighted by atomic mass is 32.1. The first kappa shape index (κ1) is 15.4. The lowest BCUT2D eigenvalue weighted by Crippen LogP contribution is -2.07. The predicted molar refractivity (Wildman–Crippen MR) is 74.8 cm³/mol. The SMILES string of the molecule is Cc1ccc(C(F)(F)F)cc1NCc1cc(C(=O)O)cs1. The topological polar surface area (TPSA) is 49.3 Å². The summed E-state index contributed by atoms with van der Waals surface area (Å²) in [6.45, 7) is 1.99. The summed E-state index contributed by atoms with van der Waals surface area (Å²) in [4.78, 5) is 11.5. The van der Waals surface area contributed by atoms with Crippen molar-refractivity contribution in [3.05, 3.63) is 51.2 Å². The van der Waals surface area contributed by atoms with Gasteiger partial charge in [0.1, 0.15) is 0 Å². The van der Waals surface area contributed by atoms with E-state index in [-0.39, 0.29) is 12.1 Å². The van der Waals surface area contributed by atoms with Gasteiger partial charge in [-0.1, -0.05) is 6.07 Å². The largest absolute Gasteiger partial charge is 0.478 e. The molecule has 1 aromatic heterocycles. The maximum absolute atomic E-state index is 12.7. The maximum atomic E-state index is 12.7. The highest BCUT2D eigenvalue weighted by molar-refractivity contribution is 7.10. The summed E-state index contributed by atoms with van der Waals surface area (Å²) < 4.78 is 38.0. The van der Waals surface area contributed by atoms with E-state index in [9.17, 15) is 18.0 Å². The van der Waals surface area contributed by atoms with Gasteiger partial charge in [0.2, 0.25) is 0 Å². The Labute approximate surface area is 123 Å². The maximum Gasteiger partial charge on any atom is 0.416 e. The quantitative estimate of drug-likeness (QED) is 0.880. The minimum atomic E-state index is -4.39. The molecule has 112 valence electrons. The molecule has 0 saturated carbocycles. The number of hydrogen-bond donors (Lipinski definition) is 2. The van der Waals surface area contributed by atoms with E-state index in [0.29, 0.717) is 11.3 Å². The number of carboxylic acid groups (broad SMARTS) is 1. The summed E-state index contributed by atoms with van der Waals surface area (Å²) >= 11 is 1.25. The zero-order valence-corrected chi connectivity index (χ0v) is 11.8. The third kappa shape index (κ3) is 3.75. The lowest BCUT2D eigenvalue weighted by molar-refractivity contribution is -0.137. The fraction of sp³-hybridized carbons (Fsp3) is 0.214. The van der Waals surface area contributed by atoms with Crippen molar-refractivity contribution < 1.29 is 23.1 Å². The van der Waals surface area contributed by atoms with Gasteiger partial charge in [-0.25, -0.2) is 4.79 Å². The number of hydrogen-bond acceptors (Lipinski definition) is 3. The molecule has 0 aliphatic carbocycles. The Bertz CT molecular complexity index is 664. The van der Waals surface area contributed by atoms with Gasteiger partial charge < -0.3 is 10.4 Å². The Morgan fingerprint density at radius 1 is 1.33 bits per heavy atom. The molecule has 2 N–H and O–H groups in total. The fourth-order valence-corrected chi connectivity index (χ4v) is 2.55. The van der Waals surface area contributed by atoms with Crippen LogP contribution in [-0.4, -0.2) is 11.1 Å². The van der Waals surface area contributed by atoms with Crippen LogP contribution in [0.25, 0.3) is 0 Å². The summed E-state index contributed by atoms with van der Waals surface area (Å²) in [5, 5.41) is 13.2. The van der Waals surface area contributed by atoms with Gasteiger partial charge in [-0.3, -0.25) is 0 Å². The first-order valence-electron chi connectivity index (χ1n) is 6.00. The van der Waals surface area contributed by atoms with Crippen molar-refractivity contribution in [1.82, 2.24) is 0 Å². The second kappa shape index (κ2) is 5.77. The molecule has 0 fully saturated rings. The normalized spacial score (nSPS) is 11.4. The van der Waals surface area contributed by atoms with Crippen LogP contribution in [0.2, 0.25) is 0 Å². The van der Waals surface area contributed by atoms with Crippen LogP contribution >= 0.6 is 11.3 Å². The summed E-state index contributed by atoms with van der Waals surface area (Å²) in [5.74, 6) is -1.02. The Kier molecular flexibility index (Phi) is 4.22. The van der Waals surface area contributed by atoms with E-state index < -0.39 is 17.7 Å². The third-order valence-corrected chi connectivity index (χ3v) is 3.86. The van der Waals surface area contributed by atoms with Gasteiger partial charge in [-0.15, -0.1) is 11.3 Å². The molecule has 2 rings (SSSR count). The molecule has 3 nitrogen and oxygen atoms in total. The third-order valence-electron chi connectivity index (χ3n) is 2.92. The lowest BCUT2D eigenvalue weighted by atomic mass is 10.1. The minimum Gasteiger partial charge on any atom is -0.478 e. The van der Waals surface area contributed by atoms with Gasteiger partial charge in [0, 0.05) is 22.5 Å². The van der Waals surface area contributed by atoms with Crippen molar-refractivity contribution in [2.45, 2.75) is 19.6 Å². The molecule has 0 saturated heterocycles. The molecule has 0 aliphatic rings. The number of carboxylic acids is 1. The molecule has 0 atom stereocenters. The molecule has 7 heteroatoms. The van der Waals surface area contributed by atoms with E-state index in [4.69, 9.17) is 5.11 Å². The number of benzene rings is 1. The second-order valence-corrected chi connectivity index (χ2v) is 5.48. The number of aromatic carboxylic acids is 1. The number of thiophene rings is 1. The molecule has 1 aromatic carbocycles. The monoisotopic (exact) mass is 315 g/mol. The molecule has 0 unspecified atom stereocenters. The number of halogens is 3. The van der Waals surface area contributed by atoms with Crippen molar-refractivity contribution in [3.8, 4) is 0 Å². The molecule has 0 amide bonds. The van der Waals surface area contributed by atoms with Crippen LogP contribution in [0.15, 0.2) is 29.6 Å². The molecular formula is C14H12F3NO2S. The van der Waals surface area contributed by atoms with Crippen molar-refractivity contribution in [2.75, 3.05) is 5.32 Å². The molecule has 1 heterocycles. The van der Waals surface area contributed by atoms with Crippen LogP contribution in [0.3, 0.4) is 0 Å². The summed E-state index contributed by atoms with van der Waals surface area (Å²) in [6, 6.07) is 5.00. The molecule has 0 bridgehead atoms. The fourth-order valence-electron chi connectivity index (χ4n) is 1.76. The Morgan fingerprint density at radius 2 is 2.05 bits per heavy atom. The first-order valence-corrected chi connectivity index (χ1v) is 6.88. The van der Waals surface area contributed by atoms with Crippen molar-refractivity contribution in [1.29, 1.82) is 0 Å². The second-order valence-electron chi connectivity index (χ2n) is 4.49. The summed E-state index contributed by atoms with van der Waals surface area (Å²) in [6.07, 6.45) is -4.39. The van der Waals surface area contributed by atoms with Gasteiger partial charge >= 0.3 is 12.1 Å². The first-order chi connectivity index (χ1) is 9.77. The van der Waals surface area contributed by atoms with E-state index in [1.54, 1.807) is 6.92 Å². The number of anilines is 1. The van der Waals surface area contributed by atoms with E-state index in [2.05, 4.69) is 5.32 Å². The smallest absolute Gasteiger partial charge is 0.416 e. The van der Waals surface area contributed by atoms with Gasteiger partial charge in [0.05, 0.1) is 11.1 Å². The Balaban J connectivity index is 2.13. The molecule has 0 aliphatic heterocycles. The number of rotatable bonds is 4. The van der Waals surface area contributed by atoms with Gasteiger partial charge in [0.25, 0.3) is 0 Å². The van der Waals surface area contributed by atoms with Crippen LogP contribution < -0.4 is 5.32 Å². The average molecular weight is 315 g/mol. The number of alkyl halides is 3. The number of aryl methyl sites for hydroxylation is 1. The van der Waals surface area contributed by atoms with E-state index in [1.807, 2.05) is 0 Å². The zero-order chi connectivity index (χ0) is 15.6. The average Bonchev–Trinajstić information content (AvgIpc) is 2.85. The Hall–Kier alpha value is -2.02. The molecule has 2 aromatic rings. The van der Waals surface area contributed by atoms with Crippen LogP contribution in [0.5, 0.6) is 0 Å². The standard InChI is InChI=1S/C14H12F3NO2S/c1-8-2-3-10(14(15,16)17)5-12(8)18-6-11-4-9(7-21-11)13(19)20/h2-5,7,18H,6H2,1H3,(H,19,20). The van der Waals surface area contributed by atoms with Gasteiger partial charge in [0.15, 0.2) is 0 Å². The summed E-state index contributed by atoms with van der Waals surface area (Å²) in [5.41, 5.74) is 0.540. The number of carbonyl (C=O) groups is 1. The highest BCUT2D eigenvalue weighted by Gasteiger charge is 2.30. The van der Waals surface area contributed by atoms with Crippen molar-refractivity contribution in [2.24, 2.45) is 0 Å². The highest BCUT2D eigenvalue weighted by Crippen LogP contribution is 2.32.